The average Bonchev–Trinajstić information content (AvgIpc) is 2.75. The molecule has 0 aromatic heterocycles. The van der Waals surface area contributed by atoms with Gasteiger partial charge in [0.25, 0.3) is 0 Å². The lowest BCUT2D eigenvalue weighted by Crippen LogP contribution is -2.32. The number of nitrogens with one attached hydrogen (secondary N) is 2. The molecule has 0 fully saturated rings. The summed E-state index contributed by atoms with van der Waals surface area (Å²) >= 11 is 12.3. The number of carbonyl (C=O) groups excluding carboxylic acids is 2. The first-order valence-corrected chi connectivity index (χ1v) is 10.0. The second kappa shape index (κ2) is 10.6. The first-order valence-electron chi connectivity index (χ1n) is 9.29. The fourth-order valence-corrected chi connectivity index (χ4v) is 3.06. The number of benzene rings is 3. The van der Waals surface area contributed by atoms with E-state index in [0.717, 1.165) is 5.56 Å². The van der Waals surface area contributed by atoms with Crippen LogP contribution < -0.4 is 15.5 Å². The normalized spacial score (nSPS) is 10.7. The van der Waals surface area contributed by atoms with E-state index in [0.29, 0.717) is 32.6 Å². The number of amides is 2. The smallest absolute Gasteiger partial charge is 0.329 e. The second-order valence-corrected chi connectivity index (χ2v) is 7.40. The Labute approximate surface area is 189 Å². The molecule has 0 heterocycles. The molecule has 0 unspecified atom stereocenters. The van der Waals surface area contributed by atoms with Crippen LogP contribution in [-0.2, 0) is 16.2 Å². The summed E-state index contributed by atoms with van der Waals surface area (Å²) in [7, 11) is 0. The highest BCUT2D eigenvalue weighted by molar-refractivity contribution is 6.39. The van der Waals surface area contributed by atoms with Gasteiger partial charge in [-0.15, -0.1) is 0 Å². The van der Waals surface area contributed by atoms with E-state index >= 15 is 0 Å². The van der Waals surface area contributed by atoms with Gasteiger partial charge in [-0.25, -0.2) is 5.43 Å². The number of aryl methyl sites for hydroxylation is 1. The molecule has 0 saturated carbocycles. The standard InChI is InChI=1S/C23H19Cl2N3O3/c1-15-8-10-17(11-9-15)27-22(29)23(30)28-26-13-16-4-2-5-18(12-16)31-14-19-20(24)6-3-7-21(19)25/h2-13H,14H2,1H3,(H,27,29)(H,28,30)/b26-13-. The molecule has 0 saturated heterocycles. The molecule has 3 aromatic rings. The molecule has 0 bridgehead atoms. The number of carbonyl (C=O) groups is 2. The zero-order chi connectivity index (χ0) is 22.2. The first kappa shape index (κ1) is 22.3. The van der Waals surface area contributed by atoms with Crippen molar-refractivity contribution in [3.63, 3.8) is 0 Å². The van der Waals surface area contributed by atoms with E-state index in [4.69, 9.17) is 27.9 Å². The van der Waals surface area contributed by atoms with Gasteiger partial charge in [-0.2, -0.15) is 5.10 Å². The summed E-state index contributed by atoms with van der Waals surface area (Å²) in [4.78, 5) is 23.8. The number of hydrazone groups is 1. The SMILES string of the molecule is Cc1ccc(NC(=O)C(=O)N/N=C\c2cccc(OCc3c(Cl)cccc3Cl)c2)cc1. The maximum absolute atomic E-state index is 11.9. The maximum atomic E-state index is 11.9. The number of hydrogen-bond donors (Lipinski definition) is 2. The molecule has 3 aromatic carbocycles. The Morgan fingerprint density at radius 1 is 0.968 bits per heavy atom. The van der Waals surface area contributed by atoms with Gasteiger partial charge in [0.15, 0.2) is 0 Å². The van der Waals surface area contributed by atoms with E-state index in [2.05, 4.69) is 15.8 Å². The van der Waals surface area contributed by atoms with Gasteiger partial charge < -0.3 is 10.1 Å². The lowest BCUT2D eigenvalue weighted by Gasteiger charge is -2.09. The third-order valence-corrected chi connectivity index (χ3v) is 4.91. The molecule has 8 heteroatoms. The van der Waals surface area contributed by atoms with Crippen molar-refractivity contribution in [2.45, 2.75) is 13.5 Å². The van der Waals surface area contributed by atoms with E-state index in [1.54, 1.807) is 54.6 Å². The van der Waals surface area contributed by atoms with Crippen LogP contribution in [0.1, 0.15) is 16.7 Å². The number of nitrogens with zero attached hydrogens (tertiary/aromatic N) is 1. The summed E-state index contributed by atoms with van der Waals surface area (Å²) in [6.45, 7) is 2.13. The highest BCUT2D eigenvalue weighted by Gasteiger charge is 2.12. The third-order valence-electron chi connectivity index (χ3n) is 4.20. The van der Waals surface area contributed by atoms with E-state index in [-0.39, 0.29) is 6.61 Å². The minimum Gasteiger partial charge on any atom is -0.489 e. The fourth-order valence-electron chi connectivity index (χ4n) is 2.55. The zero-order valence-electron chi connectivity index (χ0n) is 16.6. The van der Waals surface area contributed by atoms with Gasteiger partial charge in [-0.3, -0.25) is 9.59 Å². The van der Waals surface area contributed by atoms with Gasteiger partial charge in [0.1, 0.15) is 12.4 Å². The Kier molecular flexibility index (Phi) is 7.65. The van der Waals surface area contributed by atoms with Gasteiger partial charge >= 0.3 is 11.8 Å². The quantitative estimate of drug-likeness (QED) is 0.312. The molecule has 2 amide bonds. The molecule has 158 valence electrons. The molecule has 31 heavy (non-hydrogen) atoms. The Morgan fingerprint density at radius 2 is 1.65 bits per heavy atom. The minimum absolute atomic E-state index is 0.203. The molecule has 0 atom stereocenters. The van der Waals surface area contributed by atoms with Gasteiger partial charge in [0.2, 0.25) is 0 Å². The van der Waals surface area contributed by atoms with E-state index < -0.39 is 11.8 Å². The number of hydrogen-bond acceptors (Lipinski definition) is 4. The molecule has 3 rings (SSSR count). The van der Waals surface area contributed by atoms with Crippen molar-refractivity contribution in [1.82, 2.24) is 5.43 Å². The van der Waals surface area contributed by atoms with Crippen molar-refractivity contribution in [1.29, 1.82) is 0 Å². The Balaban J connectivity index is 1.54. The number of rotatable bonds is 6. The van der Waals surface area contributed by atoms with E-state index in [1.165, 1.54) is 6.21 Å². The fraction of sp³-hybridized carbons (Fsp3) is 0.0870. The summed E-state index contributed by atoms with van der Waals surface area (Å²) in [5.74, 6) is -1.12. The molecular formula is C23H19Cl2N3O3. The van der Waals surface area contributed by atoms with Crippen LogP contribution in [-0.4, -0.2) is 18.0 Å². The van der Waals surface area contributed by atoms with Gasteiger partial charge in [-0.1, -0.05) is 59.1 Å². The summed E-state index contributed by atoms with van der Waals surface area (Å²) in [6.07, 6.45) is 1.41. The molecule has 0 aliphatic carbocycles. The second-order valence-electron chi connectivity index (χ2n) is 6.58. The van der Waals surface area contributed by atoms with Crippen molar-refractivity contribution in [2.24, 2.45) is 5.10 Å². The number of anilines is 1. The van der Waals surface area contributed by atoms with Crippen LogP contribution in [0.5, 0.6) is 5.75 Å². The summed E-state index contributed by atoms with van der Waals surface area (Å²) in [6, 6.07) is 19.4. The van der Waals surface area contributed by atoms with Crippen molar-refractivity contribution in [2.75, 3.05) is 5.32 Å². The predicted octanol–water partition coefficient (Wildman–Crippen LogP) is 4.97. The van der Waals surface area contributed by atoms with Crippen LogP contribution in [0.4, 0.5) is 5.69 Å². The predicted molar refractivity (Wildman–Crippen MR) is 123 cm³/mol. The molecule has 0 aliphatic heterocycles. The average molecular weight is 456 g/mol. The van der Waals surface area contributed by atoms with E-state index in [9.17, 15) is 9.59 Å². The van der Waals surface area contributed by atoms with Gasteiger partial charge in [-0.05, 0) is 48.9 Å². The molecule has 6 nitrogen and oxygen atoms in total. The lowest BCUT2D eigenvalue weighted by atomic mass is 10.2. The summed E-state index contributed by atoms with van der Waals surface area (Å²) < 4.78 is 5.75. The Bertz CT molecular complexity index is 1100. The van der Waals surface area contributed by atoms with Crippen molar-refractivity contribution >= 4 is 46.9 Å². The molecule has 0 aliphatic rings. The van der Waals surface area contributed by atoms with Crippen LogP contribution >= 0.6 is 23.2 Å². The molecule has 2 N–H and O–H groups in total. The first-order chi connectivity index (χ1) is 14.9. The van der Waals surface area contributed by atoms with Gasteiger partial charge in [0.05, 0.1) is 6.21 Å². The topological polar surface area (TPSA) is 79.8 Å². The van der Waals surface area contributed by atoms with E-state index in [1.807, 2.05) is 19.1 Å². The van der Waals surface area contributed by atoms with Gasteiger partial charge in [0, 0.05) is 21.3 Å². The van der Waals surface area contributed by atoms with Crippen LogP contribution in [0.2, 0.25) is 10.0 Å². The molecule has 0 spiro atoms. The van der Waals surface area contributed by atoms with Crippen LogP contribution in [0.3, 0.4) is 0 Å². The highest BCUT2D eigenvalue weighted by atomic mass is 35.5. The lowest BCUT2D eigenvalue weighted by molar-refractivity contribution is -0.136. The monoisotopic (exact) mass is 455 g/mol. The van der Waals surface area contributed by atoms with Crippen LogP contribution in [0.15, 0.2) is 71.8 Å². The molecule has 0 radical (unpaired) electrons. The van der Waals surface area contributed by atoms with Crippen molar-refractivity contribution in [3.8, 4) is 5.75 Å². The largest absolute Gasteiger partial charge is 0.489 e. The van der Waals surface area contributed by atoms with Crippen molar-refractivity contribution < 1.29 is 14.3 Å². The number of halogens is 2. The Hall–Kier alpha value is -3.35. The van der Waals surface area contributed by atoms with Crippen molar-refractivity contribution in [3.05, 3.63) is 93.5 Å². The number of ether oxygens (including phenoxy) is 1. The third kappa shape index (κ3) is 6.57. The van der Waals surface area contributed by atoms with Crippen LogP contribution in [0.25, 0.3) is 0 Å². The molecular weight excluding hydrogens is 437 g/mol. The summed E-state index contributed by atoms with van der Waals surface area (Å²) in [5.41, 5.74) is 5.13. The Morgan fingerprint density at radius 3 is 2.35 bits per heavy atom. The zero-order valence-corrected chi connectivity index (χ0v) is 18.1. The highest BCUT2D eigenvalue weighted by Crippen LogP contribution is 2.26. The maximum Gasteiger partial charge on any atom is 0.329 e. The van der Waals surface area contributed by atoms with Crippen LogP contribution in [0, 0.1) is 6.92 Å². The summed E-state index contributed by atoms with van der Waals surface area (Å²) in [5, 5.41) is 7.37. The minimum atomic E-state index is -0.877.